The molecule has 10 heteroatoms. The van der Waals surface area contributed by atoms with Gasteiger partial charge in [0.15, 0.2) is 11.6 Å². The summed E-state index contributed by atoms with van der Waals surface area (Å²) in [6.07, 6.45) is 3.68. The largest absolute Gasteiger partial charge is 0.378 e. The average molecular weight is 506 g/mol. The second kappa shape index (κ2) is 9.76. The van der Waals surface area contributed by atoms with Gasteiger partial charge in [0.05, 0.1) is 35.1 Å². The van der Waals surface area contributed by atoms with Crippen molar-refractivity contribution >= 4 is 44.2 Å². The van der Waals surface area contributed by atoms with Gasteiger partial charge < -0.3 is 14.5 Å². The van der Waals surface area contributed by atoms with Gasteiger partial charge in [-0.25, -0.2) is 9.97 Å². The first-order valence-corrected chi connectivity index (χ1v) is 13.4. The van der Waals surface area contributed by atoms with Gasteiger partial charge in [-0.2, -0.15) is 5.10 Å². The minimum absolute atomic E-state index is 0.144. The molecule has 1 aromatic carbocycles. The van der Waals surface area contributed by atoms with Crippen molar-refractivity contribution in [2.45, 2.75) is 19.4 Å². The fourth-order valence-corrected chi connectivity index (χ4v) is 6.39. The van der Waals surface area contributed by atoms with E-state index in [4.69, 9.17) is 14.7 Å². The third-order valence-electron chi connectivity index (χ3n) is 7.20. The van der Waals surface area contributed by atoms with E-state index in [-0.39, 0.29) is 11.8 Å². The van der Waals surface area contributed by atoms with E-state index in [1.165, 1.54) is 4.88 Å². The fraction of sp³-hybridized carbons (Fsp3) is 0.462. The van der Waals surface area contributed by atoms with Gasteiger partial charge in [-0.15, -0.1) is 11.3 Å². The molecule has 2 fully saturated rings. The normalized spacial score (nSPS) is 17.8. The van der Waals surface area contributed by atoms with Gasteiger partial charge >= 0.3 is 0 Å². The molecule has 36 heavy (non-hydrogen) atoms. The third kappa shape index (κ3) is 4.44. The molecule has 5 heterocycles. The van der Waals surface area contributed by atoms with Crippen molar-refractivity contribution in [3.05, 3.63) is 35.3 Å². The van der Waals surface area contributed by atoms with Gasteiger partial charge in [0.2, 0.25) is 5.91 Å². The molecule has 2 aliphatic heterocycles. The van der Waals surface area contributed by atoms with Crippen molar-refractivity contribution in [2.24, 2.45) is 5.92 Å². The van der Waals surface area contributed by atoms with E-state index in [1.807, 2.05) is 32.4 Å². The number of likely N-dealkylation sites (tertiary alicyclic amines) is 1. The van der Waals surface area contributed by atoms with Gasteiger partial charge in [-0.05, 0) is 38.1 Å². The molecular formula is C26H31N7O2S. The molecule has 0 radical (unpaired) electrons. The number of benzene rings is 1. The van der Waals surface area contributed by atoms with E-state index in [9.17, 15) is 4.79 Å². The van der Waals surface area contributed by atoms with Crippen molar-refractivity contribution in [1.29, 1.82) is 0 Å². The number of anilines is 1. The maximum atomic E-state index is 12.4. The fourth-order valence-electron chi connectivity index (χ4n) is 5.24. The van der Waals surface area contributed by atoms with Gasteiger partial charge in [-0.1, -0.05) is 12.1 Å². The first kappa shape index (κ1) is 23.3. The maximum Gasteiger partial charge on any atom is 0.225 e. The molecule has 1 amide bonds. The van der Waals surface area contributed by atoms with Crippen LogP contribution >= 0.6 is 11.3 Å². The van der Waals surface area contributed by atoms with Gasteiger partial charge in [0.1, 0.15) is 0 Å². The number of nitrogens with zero attached hydrogens (tertiary/aromatic N) is 6. The summed E-state index contributed by atoms with van der Waals surface area (Å²) in [5.74, 6) is 2.11. The monoisotopic (exact) mass is 505 g/mol. The number of aromatic amines is 1. The molecule has 1 N–H and O–H groups in total. The zero-order valence-corrected chi connectivity index (χ0v) is 21.6. The Labute approximate surface area is 214 Å². The summed E-state index contributed by atoms with van der Waals surface area (Å²) in [6, 6.07) is 8.32. The summed E-state index contributed by atoms with van der Waals surface area (Å²) in [5, 5.41) is 8.30. The van der Waals surface area contributed by atoms with Crippen LogP contribution in [0.3, 0.4) is 0 Å². The number of fused-ring (bicyclic) bond motifs is 2. The first-order chi connectivity index (χ1) is 17.6. The summed E-state index contributed by atoms with van der Waals surface area (Å²) in [6.45, 7) is 5.81. The van der Waals surface area contributed by atoms with Gasteiger partial charge in [0, 0.05) is 55.5 Å². The number of hydrogen-bond acceptors (Lipinski definition) is 8. The number of amides is 1. The van der Waals surface area contributed by atoms with Crippen LogP contribution in [0.25, 0.3) is 32.5 Å². The molecule has 0 atom stereocenters. The lowest BCUT2D eigenvalue weighted by molar-refractivity contribution is -0.134. The Morgan fingerprint density at radius 3 is 2.75 bits per heavy atom. The number of thiophene rings is 1. The number of carbonyl (C=O) groups is 1. The molecule has 0 unspecified atom stereocenters. The predicted octanol–water partition coefficient (Wildman–Crippen LogP) is 3.37. The number of morpholine rings is 1. The Bertz CT molecular complexity index is 1380. The molecule has 0 aliphatic carbocycles. The minimum Gasteiger partial charge on any atom is -0.378 e. The van der Waals surface area contributed by atoms with Gasteiger partial charge in [0.25, 0.3) is 0 Å². The van der Waals surface area contributed by atoms with E-state index in [1.54, 1.807) is 16.2 Å². The van der Waals surface area contributed by atoms with Crippen LogP contribution in [0.2, 0.25) is 0 Å². The smallest absolute Gasteiger partial charge is 0.225 e. The second-order valence-corrected chi connectivity index (χ2v) is 11.0. The van der Waals surface area contributed by atoms with E-state index < -0.39 is 0 Å². The lowest BCUT2D eigenvalue weighted by atomic mass is 9.95. The Hall–Kier alpha value is -3.08. The Morgan fingerprint density at radius 2 is 1.97 bits per heavy atom. The number of rotatable bonds is 5. The van der Waals surface area contributed by atoms with Crippen LogP contribution in [0.1, 0.15) is 17.7 Å². The molecule has 0 spiro atoms. The van der Waals surface area contributed by atoms with Crippen molar-refractivity contribution < 1.29 is 9.53 Å². The summed E-state index contributed by atoms with van der Waals surface area (Å²) in [4.78, 5) is 30.3. The number of ether oxygens (including phenoxy) is 1. The molecule has 3 aromatic heterocycles. The summed E-state index contributed by atoms with van der Waals surface area (Å²) in [7, 11) is 3.69. The Balaban J connectivity index is 1.32. The van der Waals surface area contributed by atoms with E-state index in [0.717, 1.165) is 83.9 Å². The number of nitrogens with one attached hydrogen (secondary N) is 1. The quantitative estimate of drug-likeness (QED) is 0.445. The van der Waals surface area contributed by atoms with Crippen LogP contribution in [0.4, 0.5) is 5.82 Å². The molecule has 2 saturated heterocycles. The topological polar surface area (TPSA) is 90.5 Å². The zero-order valence-electron chi connectivity index (χ0n) is 20.7. The Morgan fingerprint density at radius 1 is 1.17 bits per heavy atom. The summed E-state index contributed by atoms with van der Waals surface area (Å²) in [5.41, 5.74) is 2.95. The number of piperidine rings is 1. The molecule has 0 bridgehead atoms. The van der Waals surface area contributed by atoms with Crippen LogP contribution in [0, 0.1) is 5.92 Å². The van der Waals surface area contributed by atoms with E-state index >= 15 is 0 Å². The molecule has 2 aliphatic rings. The molecule has 4 aromatic rings. The summed E-state index contributed by atoms with van der Waals surface area (Å²) < 4.78 is 6.75. The van der Waals surface area contributed by atoms with Crippen LogP contribution in [0.15, 0.2) is 30.5 Å². The predicted molar refractivity (Wildman–Crippen MR) is 142 cm³/mol. The van der Waals surface area contributed by atoms with E-state index in [2.05, 4.69) is 32.1 Å². The van der Waals surface area contributed by atoms with Crippen molar-refractivity contribution in [2.75, 3.05) is 58.4 Å². The molecule has 6 rings (SSSR count). The number of H-pyrrole nitrogens is 1. The number of hydrogen-bond donors (Lipinski definition) is 1. The van der Waals surface area contributed by atoms with Crippen molar-refractivity contribution in [1.82, 2.24) is 30.0 Å². The van der Waals surface area contributed by atoms with Crippen LogP contribution in [0.5, 0.6) is 0 Å². The lowest BCUT2D eigenvalue weighted by Gasteiger charge is -2.32. The average Bonchev–Trinajstić information content (AvgIpc) is 3.55. The van der Waals surface area contributed by atoms with Gasteiger partial charge in [-0.3, -0.25) is 14.8 Å². The Kier molecular flexibility index (Phi) is 6.32. The lowest BCUT2D eigenvalue weighted by Crippen LogP contribution is -2.39. The first-order valence-electron chi connectivity index (χ1n) is 12.6. The highest BCUT2D eigenvalue weighted by Gasteiger charge is 2.27. The zero-order chi connectivity index (χ0) is 24.6. The maximum absolute atomic E-state index is 12.4. The summed E-state index contributed by atoms with van der Waals surface area (Å²) >= 11 is 1.79. The SMILES string of the molecule is CN(C)C(=O)C1CCN(Cc2cc3nc(-c4cccc5[nH]ncc45)nc(N4CCOCC4)c3s2)CC1. The highest BCUT2D eigenvalue weighted by Crippen LogP contribution is 2.36. The molecule has 0 saturated carbocycles. The third-order valence-corrected chi connectivity index (χ3v) is 8.30. The standard InChI is InChI=1S/C26H31N7O2S/c1-31(2)26(34)17-6-8-32(9-7-17)16-18-14-22-23(36-18)25(33-10-12-35-13-11-33)29-24(28-22)19-4-3-5-21-20(19)15-27-30-21/h3-5,14-15,17H,6-13,16H2,1-2H3,(H,27,30). The highest BCUT2D eigenvalue weighted by atomic mass is 32.1. The van der Waals surface area contributed by atoms with Crippen molar-refractivity contribution in [3.63, 3.8) is 0 Å². The highest BCUT2D eigenvalue weighted by molar-refractivity contribution is 7.19. The molecule has 188 valence electrons. The molecular weight excluding hydrogens is 474 g/mol. The number of aromatic nitrogens is 4. The van der Waals surface area contributed by atoms with Crippen molar-refractivity contribution in [3.8, 4) is 11.4 Å². The van der Waals surface area contributed by atoms with Crippen LogP contribution in [-0.4, -0.2) is 89.4 Å². The van der Waals surface area contributed by atoms with E-state index in [0.29, 0.717) is 13.2 Å². The second-order valence-electron chi connectivity index (χ2n) is 9.82. The minimum atomic E-state index is 0.144. The molecule has 9 nitrogen and oxygen atoms in total. The number of carbonyl (C=O) groups excluding carboxylic acids is 1. The van der Waals surface area contributed by atoms with Crippen LogP contribution in [-0.2, 0) is 16.1 Å². The van der Waals surface area contributed by atoms with Crippen LogP contribution < -0.4 is 4.90 Å².